The van der Waals surface area contributed by atoms with Gasteiger partial charge in [0, 0.05) is 4.79 Å². The smallest absolute Gasteiger partial charge is 0.378 e. The molecule has 128 valence electrons. The van der Waals surface area contributed by atoms with Crippen LogP contribution in [0.3, 0.4) is 0 Å². The normalized spacial score (nSPS) is 19.8. The van der Waals surface area contributed by atoms with Crippen LogP contribution in [0.1, 0.15) is 5.69 Å². The molecule has 0 radical (unpaired) electrons. The van der Waals surface area contributed by atoms with E-state index in [1.54, 1.807) is 5.43 Å². The molecule has 0 aliphatic carbocycles. The lowest BCUT2D eigenvalue weighted by molar-refractivity contribution is -0.595. The Morgan fingerprint density at radius 1 is 1.17 bits per heavy atom. The first-order valence-corrected chi connectivity index (χ1v) is 5.42. The van der Waals surface area contributed by atoms with Crippen molar-refractivity contribution in [2.45, 2.75) is 5.66 Å². The Kier molecular flexibility index (Phi) is 3.34. The Morgan fingerprint density at radius 2 is 1.75 bits per heavy atom. The summed E-state index contributed by atoms with van der Waals surface area (Å²) in [5.74, 6) is 2.31. The molecule has 0 spiro atoms. The standard InChI is InChI=1S/C5H5N11O8/c6-4(8-7)5(14(19)20)2-1(11(10-5)15(21)22)3(13(17)18)9-12(2)16(23)24/h10H,7H2,(H2,6,8). The fraction of sp³-hybridized carbons (Fsp3) is 0.200. The quantitative estimate of drug-likeness (QED) is 0.158. The van der Waals surface area contributed by atoms with Gasteiger partial charge in [0.25, 0.3) is 11.4 Å². The maximum Gasteiger partial charge on any atom is 0.426 e. The number of hydrogen-bond donors (Lipinski definition) is 3. The number of nitrogens with zero attached hydrogens (tertiary/aromatic N) is 8. The number of anilines is 1. The summed E-state index contributed by atoms with van der Waals surface area (Å²) in [6, 6.07) is 0. The van der Waals surface area contributed by atoms with E-state index in [1.807, 2.05) is 0 Å². The van der Waals surface area contributed by atoms with Gasteiger partial charge in [0.2, 0.25) is 5.84 Å². The van der Waals surface area contributed by atoms with Crippen molar-refractivity contribution in [3.05, 3.63) is 46.2 Å². The average molecular weight is 347 g/mol. The van der Waals surface area contributed by atoms with Crippen molar-refractivity contribution in [2.75, 3.05) is 5.12 Å². The second-order valence-corrected chi connectivity index (χ2v) is 4.05. The lowest BCUT2D eigenvalue weighted by Crippen LogP contribution is -2.61. The highest BCUT2D eigenvalue weighted by atomic mass is 16.7. The van der Waals surface area contributed by atoms with Crippen LogP contribution in [0, 0.1) is 40.5 Å². The number of aromatic nitrogens is 2. The Bertz CT molecular complexity index is 812. The molecule has 1 aromatic rings. The third kappa shape index (κ3) is 1.81. The molecule has 0 aromatic carbocycles. The summed E-state index contributed by atoms with van der Waals surface area (Å²) in [7, 11) is 0. The van der Waals surface area contributed by atoms with Gasteiger partial charge < -0.3 is 31.8 Å². The maximum absolute atomic E-state index is 11.5. The Labute approximate surface area is 127 Å². The van der Waals surface area contributed by atoms with Crippen molar-refractivity contribution in [2.24, 2.45) is 16.7 Å². The summed E-state index contributed by atoms with van der Waals surface area (Å²) in [6.45, 7) is 0. The van der Waals surface area contributed by atoms with Crippen molar-refractivity contribution in [1.29, 1.82) is 0 Å². The highest BCUT2D eigenvalue weighted by molar-refractivity contribution is 5.92. The van der Waals surface area contributed by atoms with Crippen LogP contribution in [0.2, 0.25) is 0 Å². The lowest BCUT2D eigenvalue weighted by atomic mass is 10.1. The first-order valence-electron chi connectivity index (χ1n) is 5.42. The summed E-state index contributed by atoms with van der Waals surface area (Å²) in [4.78, 5) is 41.5. The van der Waals surface area contributed by atoms with Crippen LogP contribution in [0.25, 0.3) is 0 Å². The SMILES string of the molecule is NN=C(N)C1([N+](=O)[O-])NN([N+](=O)[O-])c2c([N+](=O)[O-])nn([N+](=O)[O-])c21. The van der Waals surface area contributed by atoms with E-state index >= 15 is 0 Å². The van der Waals surface area contributed by atoms with E-state index in [9.17, 15) is 40.5 Å². The molecule has 5 N–H and O–H groups in total. The molecule has 0 bridgehead atoms. The minimum Gasteiger partial charge on any atom is -0.378 e. The van der Waals surface area contributed by atoms with Crippen LogP contribution in [0.15, 0.2) is 5.10 Å². The average Bonchev–Trinajstić information content (AvgIpc) is 3.02. The number of nitrogens with one attached hydrogen (secondary N) is 1. The van der Waals surface area contributed by atoms with Gasteiger partial charge in [-0.25, -0.2) is 10.1 Å². The van der Waals surface area contributed by atoms with E-state index in [0.717, 1.165) is 0 Å². The summed E-state index contributed by atoms with van der Waals surface area (Å²) in [5.41, 5.74) is 1.41. The molecule has 0 fully saturated rings. The van der Waals surface area contributed by atoms with Crippen molar-refractivity contribution in [3.63, 3.8) is 0 Å². The van der Waals surface area contributed by atoms with Crippen molar-refractivity contribution in [3.8, 4) is 0 Å². The zero-order chi connectivity index (χ0) is 18.4. The number of hydrazine groups is 2. The third-order valence-electron chi connectivity index (χ3n) is 2.92. The Morgan fingerprint density at radius 3 is 2.12 bits per heavy atom. The van der Waals surface area contributed by atoms with Gasteiger partial charge in [-0.1, -0.05) is 5.43 Å². The largest absolute Gasteiger partial charge is 0.426 e. The number of nitrogens with two attached hydrogens (primary N) is 2. The van der Waals surface area contributed by atoms with E-state index in [-0.39, 0.29) is 9.91 Å². The maximum atomic E-state index is 11.5. The molecule has 2 heterocycles. The predicted molar refractivity (Wildman–Crippen MR) is 68.4 cm³/mol. The molecule has 1 unspecified atom stereocenters. The fourth-order valence-electron chi connectivity index (χ4n) is 2.02. The van der Waals surface area contributed by atoms with Crippen LogP contribution in [-0.2, 0) is 5.66 Å². The topological polar surface area (TPSA) is 270 Å². The van der Waals surface area contributed by atoms with E-state index in [2.05, 4.69) is 10.2 Å². The Hall–Kier alpha value is -4.16. The summed E-state index contributed by atoms with van der Waals surface area (Å²) in [5, 5.41) is 47.2. The predicted octanol–water partition coefficient (Wildman–Crippen LogP) is -2.99. The van der Waals surface area contributed by atoms with E-state index < -0.39 is 48.6 Å². The number of nitro groups is 4. The number of hydrogen-bond acceptors (Lipinski definition) is 12. The first kappa shape index (κ1) is 16.2. The molecule has 24 heavy (non-hydrogen) atoms. The Balaban J connectivity index is 3.00. The molecule has 0 saturated carbocycles. The first-order chi connectivity index (χ1) is 11.1. The van der Waals surface area contributed by atoms with Gasteiger partial charge in [-0.15, -0.1) is 0 Å². The van der Waals surface area contributed by atoms with Crippen molar-refractivity contribution >= 4 is 17.3 Å². The highest BCUT2D eigenvalue weighted by Gasteiger charge is 2.69. The van der Waals surface area contributed by atoms with E-state index in [1.165, 1.54) is 0 Å². The molecule has 19 heteroatoms. The van der Waals surface area contributed by atoms with Gasteiger partial charge in [0.05, 0.1) is 9.96 Å². The molecule has 1 aliphatic heterocycles. The van der Waals surface area contributed by atoms with Gasteiger partial charge in [-0.3, -0.25) is 10.1 Å². The lowest BCUT2D eigenvalue weighted by Gasteiger charge is -2.18. The summed E-state index contributed by atoms with van der Waals surface area (Å²) >= 11 is 0. The second kappa shape index (κ2) is 4.94. The number of amidine groups is 1. The third-order valence-corrected chi connectivity index (χ3v) is 2.92. The van der Waals surface area contributed by atoms with E-state index in [4.69, 9.17) is 11.6 Å². The van der Waals surface area contributed by atoms with E-state index in [0.29, 0.717) is 0 Å². The number of fused-ring (bicyclic) bond motifs is 1. The van der Waals surface area contributed by atoms with Crippen molar-refractivity contribution in [1.82, 2.24) is 15.3 Å². The molecule has 1 aromatic heterocycles. The van der Waals surface area contributed by atoms with Crippen LogP contribution in [0.5, 0.6) is 0 Å². The molecule has 19 nitrogen and oxygen atoms in total. The molecule has 0 amide bonds. The van der Waals surface area contributed by atoms with Crippen molar-refractivity contribution < 1.29 is 19.9 Å². The molecular formula is C5H5N11O8. The van der Waals surface area contributed by atoms with Gasteiger partial charge in [-0.05, 0) is 10.0 Å². The van der Waals surface area contributed by atoms with Crippen LogP contribution in [-0.4, -0.2) is 35.6 Å². The fourth-order valence-corrected chi connectivity index (χ4v) is 2.02. The molecule has 1 aliphatic rings. The van der Waals surface area contributed by atoms with Gasteiger partial charge in [0.1, 0.15) is 5.10 Å². The molecule has 1 atom stereocenters. The number of hydrazone groups is 1. The van der Waals surface area contributed by atoms with Gasteiger partial charge in [-0.2, -0.15) is 5.10 Å². The minimum atomic E-state index is -3.12. The zero-order valence-electron chi connectivity index (χ0n) is 11.0. The number of rotatable bonds is 5. The summed E-state index contributed by atoms with van der Waals surface area (Å²) < 4.78 is 0. The molecular weight excluding hydrogens is 342 g/mol. The van der Waals surface area contributed by atoms with Gasteiger partial charge >= 0.3 is 11.5 Å². The molecule has 2 rings (SSSR count). The summed E-state index contributed by atoms with van der Waals surface area (Å²) in [6.07, 6.45) is 0. The van der Waals surface area contributed by atoms with Crippen LogP contribution in [0.4, 0.5) is 11.5 Å². The van der Waals surface area contributed by atoms with Crippen LogP contribution >= 0.6 is 0 Å². The monoisotopic (exact) mass is 347 g/mol. The minimum absolute atomic E-state index is 0.290. The second-order valence-electron chi connectivity index (χ2n) is 4.05. The van der Waals surface area contributed by atoms with Gasteiger partial charge in [0.15, 0.2) is 5.03 Å². The zero-order valence-corrected chi connectivity index (χ0v) is 11.0. The highest BCUT2D eigenvalue weighted by Crippen LogP contribution is 2.43. The van der Waals surface area contributed by atoms with Crippen LogP contribution < -0.4 is 22.1 Å². The molecule has 0 saturated heterocycles.